The minimum absolute atomic E-state index is 0.0822. The van der Waals surface area contributed by atoms with E-state index in [9.17, 15) is 4.79 Å². The molecule has 0 bridgehead atoms. The zero-order valence-electron chi connectivity index (χ0n) is 17.0. The van der Waals surface area contributed by atoms with E-state index in [0.29, 0.717) is 22.5 Å². The van der Waals surface area contributed by atoms with E-state index >= 15 is 0 Å². The largest absolute Gasteiger partial charge is 0.495 e. The predicted molar refractivity (Wildman–Crippen MR) is 125 cm³/mol. The normalized spacial score (nSPS) is 10.9. The summed E-state index contributed by atoms with van der Waals surface area (Å²) in [5.41, 5.74) is 5.24. The Morgan fingerprint density at radius 2 is 1.32 bits per heavy atom. The third-order valence-electron chi connectivity index (χ3n) is 5.40. The summed E-state index contributed by atoms with van der Waals surface area (Å²) in [4.78, 5) is 13.0. The van der Waals surface area contributed by atoms with E-state index in [4.69, 9.17) is 9.15 Å². The lowest BCUT2D eigenvalue weighted by Crippen LogP contribution is -2.01. The highest BCUT2D eigenvalue weighted by Gasteiger charge is 2.16. The summed E-state index contributed by atoms with van der Waals surface area (Å²) < 4.78 is 11.9. The van der Waals surface area contributed by atoms with Crippen LogP contribution in [0, 0.1) is 0 Å². The van der Waals surface area contributed by atoms with Crippen LogP contribution in [0.1, 0.15) is 0 Å². The number of hydrogen-bond acceptors (Lipinski definition) is 3. The number of fused-ring (bicyclic) bond motifs is 1. The van der Waals surface area contributed by atoms with Gasteiger partial charge in [-0.2, -0.15) is 0 Å². The first-order chi connectivity index (χ1) is 15.2. The lowest BCUT2D eigenvalue weighted by molar-refractivity contribution is 0.416. The molecule has 4 aromatic carbocycles. The highest BCUT2D eigenvalue weighted by molar-refractivity contribution is 5.86. The zero-order chi connectivity index (χ0) is 21.2. The number of para-hydroxylation sites is 1. The van der Waals surface area contributed by atoms with Gasteiger partial charge in [-0.1, -0.05) is 78.9 Å². The van der Waals surface area contributed by atoms with Crippen LogP contribution in [0.15, 0.2) is 112 Å². The second kappa shape index (κ2) is 7.96. The van der Waals surface area contributed by atoms with Crippen molar-refractivity contribution in [3.8, 4) is 39.3 Å². The summed E-state index contributed by atoms with van der Waals surface area (Å²) in [6.07, 6.45) is 0. The maximum absolute atomic E-state index is 13.0. The van der Waals surface area contributed by atoms with E-state index in [1.807, 2.05) is 97.1 Å². The number of methoxy groups -OCH3 is 1. The van der Waals surface area contributed by atoms with Gasteiger partial charge in [0.15, 0.2) is 5.43 Å². The molecule has 0 aliphatic heterocycles. The van der Waals surface area contributed by atoms with Crippen molar-refractivity contribution in [3.63, 3.8) is 0 Å². The minimum atomic E-state index is -0.0822. The average molecular weight is 404 g/mol. The van der Waals surface area contributed by atoms with E-state index in [1.54, 1.807) is 13.2 Å². The maximum atomic E-state index is 13.0. The number of benzene rings is 4. The summed E-state index contributed by atoms with van der Waals surface area (Å²) in [5, 5.41) is 0.559. The van der Waals surface area contributed by atoms with Crippen molar-refractivity contribution in [1.29, 1.82) is 0 Å². The molecule has 31 heavy (non-hydrogen) atoms. The van der Waals surface area contributed by atoms with Gasteiger partial charge in [0.05, 0.1) is 18.1 Å². The van der Waals surface area contributed by atoms with Crippen molar-refractivity contribution in [2.45, 2.75) is 0 Å². The van der Waals surface area contributed by atoms with E-state index in [1.165, 1.54) is 0 Å². The molecule has 0 N–H and O–H groups in total. The van der Waals surface area contributed by atoms with Gasteiger partial charge in [-0.05, 0) is 34.9 Å². The molecule has 0 spiro atoms. The van der Waals surface area contributed by atoms with Gasteiger partial charge >= 0.3 is 0 Å². The smallest absolute Gasteiger partial charge is 0.193 e. The fourth-order valence-corrected chi connectivity index (χ4v) is 3.90. The number of rotatable bonds is 4. The van der Waals surface area contributed by atoms with Crippen molar-refractivity contribution in [3.05, 3.63) is 113 Å². The molecule has 150 valence electrons. The van der Waals surface area contributed by atoms with Crippen LogP contribution >= 0.6 is 0 Å². The van der Waals surface area contributed by atoms with Gasteiger partial charge in [0.1, 0.15) is 17.1 Å². The van der Waals surface area contributed by atoms with Gasteiger partial charge in [-0.3, -0.25) is 4.79 Å². The fraction of sp³-hybridized carbons (Fsp3) is 0.0357. The SMILES string of the molecule is COc1c(-c2ccccc2)cccc1-c1cc(=O)c2cc(-c3ccccc3)ccc2o1. The number of hydrogen-bond donors (Lipinski definition) is 0. The molecule has 0 amide bonds. The van der Waals surface area contributed by atoms with Crippen LogP contribution in [0.3, 0.4) is 0 Å². The van der Waals surface area contributed by atoms with E-state index < -0.39 is 0 Å². The monoisotopic (exact) mass is 404 g/mol. The second-order valence-electron chi connectivity index (χ2n) is 7.30. The second-order valence-corrected chi connectivity index (χ2v) is 7.30. The van der Waals surface area contributed by atoms with Gasteiger partial charge in [0.25, 0.3) is 0 Å². The van der Waals surface area contributed by atoms with Crippen molar-refractivity contribution in [1.82, 2.24) is 0 Å². The molecule has 5 rings (SSSR count). The highest BCUT2D eigenvalue weighted by Crippen LogP contribution is 2.39. The van der Waals surface area contributed by atoms with Gasteiger partial charge < -0.3 is 9.15 Å². The molecular formula is C28H20O3. The van der Waals surface area contributed by atoms with E-state index in [0.717, 1.165) is 27.8 Å². The zero-order valence-corrected chi connectivity index (χ0v) is 17.0. The Labute approximate surface area is 180 Å². The van der Waals surface area contributed by atoms with Crippen LogP contribution in [-0.2, 0) is 0 Å². The minimum Gasteiger partial charge on any atom is -0.495 e. The molecule has 5 aromatic rings. The molecule has 0 aliphatic rings. The quantitative estimate of drug-likeness (QED) is 0.331. The molecular weight excluding hydrogens is 384 g/mol. The molecule has 0 unspecified atom stereocenters. The first-order valence-corrected chi connectivity index (χ1v) is 10.1. The molecule has 1 aromatic heterocycles. The summed E-state index contributed by atoms with van der Waals surface area (Å²) >= 11 is 0. The lowest BCUT2D eigenvalue weighted by atomic mass is 9.99. The molecule has 0 saturated heterocycles. The lowest BCUT2D eigenvalue weighted by Gasteiger charge is -2.14. The fourth-order valence-electron chi connectivity index (χ4n) is 3.90. The van der Waals surface area contributed by atoms with Crippen molar-refractivity contribution in [2.24, 2.45) is 0 Å². The van der Waals surface area contributed by atoms with Gasteiger partial charge in [-0.15, -0.1) is 0 Å². The van der Waals surface area contributed by atoms with E-state index in [-0.39, 0.29) is 5.43 Å². The highest BCUT2D eigenvalue weighted by atomic mass is 16.5. The van der Waals surface area contributed by atoms with Crippen LogP contribution in [0.2, 0.25) is 0 Å². The van der Waals surface area contributed by atoms with Crippen LogP contribution < -0.4 is 10.2 Å². The Hall–Kier alpha value is -4.11. The van der Waals surface area contributed by atoms with Crippen LogP contribution in [0.25, 0.3) is 44.5 Å². The first kappa shape index (κ1) is 18.9. The molecule has 0 saturated carbocycles. The van der Waals surface area contributed by atoms with Crippen molar-refractivity contribution >= 4 is 11.0 Å². The summed E-state index contributed by atoms with van der Waals surface area (Å²) in [6.45, 7) is 0. The topological polar surface area (TPSA) is 39.4 Å². The maximum Gasteiger partial charge on any atom is 0.193 e. The Morgan fingerprint density at radius 3 is 2.03 bits per heavy atom. The molecule has 3 heteroatoms. The molecule has 1 heterocycles. The van der Waals surface area contributed by atoms with Crippen LogP contribution in [-0.4, -0.2) is 7.11 Å². The van der Waals surface area contributed by atoms with Gasteiger partial charge in [0, 0.05) is 11.6 Å². The van der Waals surface area contributed by atoms with Crippen molar-refractivity contribution in [2.75, 3.05) is 7.11 Å². The van der Waals surface area contributed by atoms with Crippen molar-refractivity contribution < 1.29 is 9.15 Å². The summed E-state index contributed by atoms with van der Waals surface area (Å²) in [6, 6.07) is 33.1. The van der Waals surface area contributed by atoms with Crippen LogP contribution in [0.4, 0.5) is 0 Å². The Bertz CT molecular complexity index is 1420. The first-order valence-electron chi connectivity index (χ1n) is 10.1. The third-order valence-corrected chi connectivity index (χ3v) is 5.40. The van der Waals surface area contributed by atoms with E-state index in [2.05, 4.69) is 0 Å². The Balaban J connectivity index is 1.66. The Morgan fingerprint density at radius 1 is 0.645 bits per heavy atom. The van der Waals surface area contributed by atoms with Gasteiger partial charge in [-0.25, -0.2) is 0 Å². The Kier molecular flexibility index (Phi) is 4.85. The van der Waals surface area contributed by atoms with Gasteiger partial charge in [0.2, 0.25) is 0 Å². The molecule has 0 radical (unpaired) electrons. The standard InChI is InChI=1S/C28H20O3/c1-30-28-22(20-11-6-3-7-12-20)13-8-14-23(28)27-18-25(29)24-17-21(15-16-26(24)31-27)19-9-4-2-5-10-19/h2-18H,1H3. The molecule has 0 atom stereocenters. The summed E-state index contributed by atoms with van der Waals surface area (Å²) in [5.74, 6) is 1.16. The average Bonchev–Trinajstić information content (AvgIpc) is 2.84. The number of ether oxygens (including phenoxy) is 1. The predicted octanol–water partition coefficient (Wildman–Crippen LogP) is 6.80. The third kappa shape index (κ3) is 3.51. The summed E-state index contributed by atoms with van der Waals surface area (Å²) in [7, 11) is 1.64. The molecule has 0 aliphatic carbocycles. The molecule has 3 nitrogen and oxygen atoms in total. The van der Waals surface area contributed by atoms with Crippen LogP contribution in [0.5, 0.6) is 5.75 Å². The molecule has 0 fully saturated rings.